The maximum Gasteiger partial charge on any atom is 0.245 e. The van der Waals surface area contributed by atoms with E-state index < -0.39 is 18.2 Å². The quantitative estimate of drug-likeness (QED) is 0.172. The minimum absolute atomic E-state index is 0.00790. The molecule has 11 heteroatoms. The van der Waals surface area contributed by atoms with Crippen molar-refractivity contribution in [1.29, 1.82) is 0 Å². The fraction of sp³-hybridized carbons (Fsp3) is 0.737. The summed E-state index contributed by atoms with van der Waals surface area (Å²) in [6.45, 7) is 15.2. The number of ether oxygens (including phenoxy) is 1. The second-order valence-corrected chi connectivity index (χ2v) is 15.6. The summed E-state index contributed by atoms with van der Waals surface area (Å²) in [6, 6.07) is 8.54. The van der Waals surface area contributed by atoms with Crippen molar-refractivity contribution < 1.29 is 23.9 Å². The lowest BCUT2D eigenvalue weighted by molar-refractivity contribution is -0.146. The Morgan fingerprint density at radius 2 is 1.65 bits per heavy atom. The number of carbonyl (C=O) groups is 4. The Bertz CT molecular complexity index is 1170. The van der Waals surface area contributed by atoms with E-state index >= 15 is 0 Å². The molecular weight excluding hydrogens is 639 g/mol. The van der Waals surface area contributed by atoms with E-state index in [0.717, 1.165) is 31.4 Å². The van der Waals surface area contributed by atoms with Crippen LogP contribution in [0.2, 0.25) is 0 Å². The molecule has 0 aromatic heterocycles. The molecule has 10 nitrogen and oxygen atoms in total. The number of likely N-dealkylation sites (N-methyl/N-ethyl adjacent to an activating group) is 2. The molecule has 0 spiro atoms. The van der Waals surface area contributed by atoms with Crippen molar-refractivity contribution in [2.24, 2.45) is 17.8 Å². The lowest BCUT2D eigenvalue weighted by Crippen LogP contribution is -2.59. The van der Waals surface area contributed by atoms with Crippen LogP contribution < -0.4 is 16.0 Å². The highest BCUT2D eigenvalue weighted by atomic mass is 32.2. The highest BCUT2D eigenvalue weighted by Gasteiger charge is 2.41. The molecule has 1 heterocycles. The van der Waals surface area contributed by atoms with E-state index in [1.54, 1.807) is 37.9 Å². The van der Waals surface area contributed by atoms with Crippen molar-refractivity contribution in [2.75, 3.05) is 40.0 Å². The summed E-state index contributed by atoms with van der Waals surface area (Å²) < 4.78 is 6.03. The number of likely N-dealkylation sites (tertiary alicyclic amines) is 1. The lowest BCUT2D eigenvalue weighted by Gasteiger charge is -2.40. The molecule has 1 aliphatic heterocycles. The molecule has 0 aliphatic carbocycles. The monoisotopic (exact) mass is 703 g/mol. The van der Waals surface area contributed by atoms with E-state index in [4.69, 9.17) is 4.74 Å². The molecule has 2 rings (SSSR count). The van der Waals surface area contributed by atoms with Crippen molar-refractivity contribution in [3.05, 3.63) is 35.9 Å². The van der Waals surface area contributed by atoms with Crippen LogP contribution in [0.15, 0.2) is 30.3 Å². The van der Waals surface area contributed by atoms with E-state index in [-0.39, 0.29) is 65.1 Å². The number of benzene rings is 1. The number of rotatable bonds is 21. The van der Waals surface area contributed by atoms with Crippen LogP contribution in [0.1, 0.15) is 86.1 Å². The number of hydrogen-bond acceptors (Lipinski definition) is 7. The van der Waals surface area contributed by atoms with Crippen molar-refractivity contribution in [2.45, 2.75) is 123 Å². The lowest BCUT2D eigenvalue weighted by atomic mass is 9.89. The van der Waals surface area contributed by atoms with Gasteiger partial charge in [0.2, 0.25) is 23.6 Å². The zero-order valence-corrected chi connectivity index (χ0v) is 32.6. The van der Waals surface area contributed by atoms with Crippen LogP contribution in [0.5, 0.6) is 0 Å². The summed E-state index contributed by atoms with van der Waals surface area (Å²) in [4.78, 5) is 58.0. The smallest absolute Gasteiger partial charge is 0.245 e. The van der Waals surface area contributed by atoms with E-state index in [1.807, 2.05) is 50.8 Å². The zero-order valence-electron chi connectivity index (χ0n) is 31.8. The van der Waals surface area contributed by atoms with E-state index in [2.05, 4.69) is 48.9 Å². The van der Waals surface area contributed by atoms with Gasteiger partial charge in [0.25, 0.3) is 0 Å². The van der Waals surface area contributed by atoms with Crippen LogP contribution in [0.4, 0.5) is 0 Å². The van der Waals surface area contributed by atoms with Crippen molar-refractivity contribution >= 4 is 35.4 Å². The van der Waals surface area contributed by atoms with Gasteiger partial charge in [0, 0.05) is 45.0 Å². The second-order valence-electron chi connectivity index (χ2n) is 14.1. The molecule has 0 saturated carbocycles. The van der Waals surface area contributed by atoms with Crippen molar-refractivity contribution in [1.82, 2.24) is 25.8 Å². The van der Waals surface area contributed by atoms with Gasteiger partial charge in [-0.25, -0.2) is 0 Å². The Kier molecular flexibility index (Phi) is 18.7. The normalized spacial score (nSPS) is 18.4. The van der Waals surface area contributed by atoms with Gasteiger partial charge in [0.15, 0.2) is 0 Å². The summed E-state index contributed by atoms with van der Waals surface area (Å²) in [5.41, 5.74) is 1.18. The summed E-state index contributed by atoms with van der Waals surface area (Å²) in [6.07, 6.45) is 3.24. The maximum absolute atomic E-state index is 14.1. The third-order valence-electron chi connectivity index (χ3n) is 9.97. The van der Waals surface area contributed by atoms with Crippen molar-refractivity contribution in [3.8, 4) is 0 Å². The fourth-order valence-electron chi connectivity index (χ4n) is 7.02. The number of methoxy groups -OCH3 is 1. The number of nitrogens with zero attached hydrogens (tertiary/aromatic N) is 2. The largest absolute Gasteiger partial charge is 0.379 e. The molecule has 278 valence electrons. The summed E-state index contributed by atoms with van der Waals surface area (Å²) in [5.74, 6) is 0.391. The Labute approximate surface area is 300 Å². The Hall–Kier alpha value is -2.63. The van der Waals surface area contributed by atoms with Gasteiger partial charge in [0.05, 0.1) is 24.6 Å². The minimum atomic E-state index is -0.722. The Morgan fingerprint density at radius 1 is 1.00 bits per heavy atom. The summed E-state index contributed by atoms with van der Waals surface area (Å²) >= 11 is 1.74. The minimum Gasteiger partial charge on any atom is -0.379 e. The molecule has 7 unspecified atom stereocenters. The van der Waals surface area contributed by atoms with Crippen LogP contribution in [-0.2, 0) is 30.3 Å². The van der Waals surface area contributed by atoms with Gasteiger partial charge in [0.1, 0.15) is 6.04 Å². The molecule has 1 aromatic rings. The molecule has 4 amide bonds. The van der Waals surface area contributed by atoms with Gasteiger partial charge < -0.3 is 30.5 Å². The van der Waals surface area contributed by atoms with Crippen LogP contribution in [0.25, 0.3) is 0 Å². The number of nitrogens with one attached hydrogen (secondary N) is 3. The van der Waals surface area contributed by atoms with Gasteiger partial charge in [-0.15, -0.1) is 0 Å². The molecule has 0 bridgehead atoms. The van der Waals surface area contributed by atoms with Gasteiger partial charge in [-0.1, -0.05) is 85.2 Å². The third kappa shape index (κ3) is 12.6. The molecule has 1 aromatic carbocycles. The third-order valence-corrected chi connectivity index (χ3v) is 11.2. The Morgan fingerprint density at radius 3 is 2.20 bits per heavy atom. The predicted octanol–water partition coefficient (Wildman–Crippen LogP) is 4.51. The average Bonchev–Trinajstić information content (AvgIpc) is 3.57. The highest BCUT2D eigenvalue weighted by Crippen LogP contribution is 2.32. The first-order valence-electron chi connectivity index (χ1n) is 18.3. The predicted molar refractivity (Wildman–Crippen MR) is 200 cm³/mol. The van der Waals surface area contributed by atoms with Gasteiger partial charge in [-0.2, -0.15) is 11.8 Å². The molecule has 1 saturated heterocycles. The molecule has 1 aliphatic rings. The molecule has 3 N–H and O–H groups in total. The maximum atomic E-state index is 14.1. The van der Waals surface area contributed by atoms with Crippen molar-refractivity contribution in [3.63, 3.8) is 0 Å². The Balaban J connectivity index is 2.18. The molecule has 7 atom stereocenters. The topological polar surface area (TPSA) is 120 Å². The van der Waals surface area contributed by atoms with Crippen LogP contribution in [0.3, 0.4) is 0 Å². The number of amides is 4. The standard InChI is InChI=1S/C38H65N5O5S/c1-11-27(7)36(42(9)38(47)35(26(5)6)41-37(46)34(39-8)25(3)4)30(48-10)23-33(45)43-22-16-19-29(43)31(49-12-2)24-32(44)40-21-20-28-17-14-13-15-18-28/h13-15,17-18,25-27,29-31,34-36,39H,11-12,16,19-24H2,1-10H3,(H,40,44)(H,41,46). The number of carbonyl (C=O) groups excluding carboxylic acids is 4. The van der Waals surface area contributed by atoms with Crippen LogP contribution >= 0.6 is 11.8 Å². The average molecular weight is 704 g/mol. The molecule has 1 fully saturated rings. The number of thioether (sulfide) groups is 1. The zero-order chi connectivity index (χ0) is 36.7. The van der Waals surface area contributed by atoms with Gasteiger partial charge in [-0.3, -0.25) is 19.2 Å². The van der Waals surface area contributed by atoms with Gasteiger partial charge >= 0.3 is 0 Å². The molecule has 0 radical (unpaired) electrons. The molecule has 49 heavy (non-hydrogen) atoms. The SMILES string of the molecule is CCSC(CC(=O)NCCc1ccccc1)C1CCCN1C(=O)CC(OC)C(C(C)CC)N(C)C(=O)C(NC(=O)C(NC)C(C)C)C(C)C. The van der Waals surface area contributed by atoms with E-state index in [9.17, 15) is 19.2 Å². The first kappa shape index (κ1) is 42.5. The first-order chi connectivity index (χ1) is 23.3. The summed E-state index contributed by atoms with van der Waals surface area (Å²) in [5, 5.41) is 9.15. The van der Waals surface area contributed by atoms with Crippen LogP contribution in [-0.4, -0.2) is 109 Å². The summed E-state index contributed by atoms with van der Waals surface area (Å²) in [7, 11) is 5.11. The first-order valence-corrected chi connectivity index (χ1v) is 19.3. The van der Waals surface area contributed by atoms with Gasteiger partial charge in [-0.05, 0) is 55.4 Å². The highest BCUT2D eigenvalue weighted by molar-refractivity contribution is 7.99. The van der Waals surface area contributed by atoms with Crippen LogP contribution in [0, 0.1) is 17.8 Å². The second kappa shape index (κ2) is 21.6. The number of hydrogen-bond donors (Lipinski definition) is 3. The molecular formula is C38H65N5O5S. The van der Waals surface area contributed by atoms with E-state index in [0.29, 0.717) is 19.5 Å². The van der Waals surface area contributed by atoms with E-state index in [1.165, 1.54) is 5.56 Å². The fourth-order valence-corrected chi connectivity index (χ4v) is 8.22.